The van der Waals surface area contributed by atoms with E-state index in [0.29, 0.717) is 13.0 Å². The van der Waals surface area contributed by atoms with Crippen molar-refractivity contribution >= 4 is 16.3 Å². The van der Waals surface area contributed by atoms with Crippen LogP contribution >= 0.6 is 0 Å². The lowest BCUT2D eigenvalue weighted by Crippen LogP contribution is -2.28. The van der Waals surface area contributed by atoms with Crippen LogP contribution < -0.4 is 11.2 Å². The lowest BCUT2D eigenvalue weighted by atomic mass is 10.3. The molecule has 0 bridgehead atoms. The third-order valence-electron chi connectivity index (χ3n) is 1.20. The highest BCUT2D eigenvalue weighted by Gasteiger charge is 2.14. The van der Waals surface area contributed by atoms with E-state index in [9.17, 15) is 13.2 Å². The molecule has 0 fully saturated rings. The zero-order valence-corrected chi connectivity index (χ0v) is 9.17. The van der Waals surface area contributed by atoms with Crippen molar-refractivity contribution in [1.29, 1.82) is 0 Å². The van der Waals surface area contributed by atoms with Crippen LogP contribution in [-0.4, -0.2) is 27.5 Å². The van der Waals surface area contributed by atoms with Crippen molar-refractivity contribution in [2.45, 2.75) is 13.3 Å². The fourth-order valence-corrected chi connectivity index (χ4v) is 0.992. The van der Waals surface area contributed by atoms with Gasteiger partial charge in [-0.15, -0.1) is 4.28 Å². The number of carbonyl (C=O) groups excluding carboxylic acids is 1. The standard InChI is InChI=1S/C7H14N2O5S/c1-6(2)7(10)9-14-15(11,12)13-5-3-4-8/h1,3-5,8H2,2H3,(H,9,10). The number of carbonyl (C=O) groups is 1. The van der Waals surface area contributed by atoms with Gasteiger partial charge in [-0.05, 0) is 19.9 Å². The van der Waals surface area contributed by atoms with Crippen LogP contribution in [-0.2, 0) is 23.7 Å². The Morgan fingerprint density at radius 1 is 1.53 bits per heavy atom. The largest absolute Gasteiger partial charge is 0.420 e. The SMILES string of the molecule is C=C(C)C(=O)NOS(=O)(=O)OCCCN. The molecule has 0 rings (SSSR count). The highest BCUT2D eigenvalue weighted by molar-refractivity contribution is 7.81. The Morgan fingerprint density at radius 2 is 2.13 bits per heavy atom. The second-order valence-electron chi connectivity index (χ2n) is 2.67. The van der Waals surface area contributed by atoms with Gasteiger partial charge in [-0.2, -0.15) is 8.42 Å². The molecular formula is C7H14N2O5S. The molecule has 8 heteroatoms. The Hall–Kier alpha value is -0.960. The molecule has 0 saturated carbocycles. The molecule has 0 saturated heterocycles. The predicted molar refractivity (Wildman–Crippen MR) is 52.6 cm³/mol. The van der Waals surface area contributed by atoms with E-state index in [-0.39, 0.29) is 12.2 Å². The van der Waals surface area contributed by atoms with E-state index in [4.69, 9.17) is 5.73 Å². The van der Waals surface area contributed by atoms with Crippen LogP contribution in [0.4, 0.5) is 0 Å². The fourth-order valence-electron chi connectivity index (χ4n) is 0.444. The third kappa shape index (κ3) is 7.03. The molecule has 0 aliphatic heterocycles. The molecule has 0 heterocycles. The molecule has 88 valence electrons. The summed E-state index contributed by atoms with van der Waals surface area (Å²) in [5.74, 6) is -0.735. The van der Waals surface area contributed by atoms with Gasteiger partial charge in [0.05, 0.1) is 6.61 Å². The first-order valence-electron chi connectivity index (χ1n) is 4.13. The first kappa shape index (κ1) is 14.0. The minimum absolute atomic E-state index is 0.0955. The van der Waals surface area contributed by atoms with E-state index in [2.05, 4.69) is 15.0 Å². The zero-order valence-electron chi connectivity index (χ0n) is 8.36. The zero-order chi connectivity index (χ0) is 11.9. The van der Waals surface area contributed by atoms with Crippen LogP contribution in [0.2, 0.25) is 0 Å². The van der Waals surface area contributed by atoms with Crippen molar-refractivity contribution in [2.75, 3.05) is 13.2 Å². The molecule has 0 aliphatic carbocycles. The van der Waals surface area contributed by atoms with E-state index in [1.165, 1.54) is 6.92 Å². The van der Waals surface area contributed by atoms with E-state index in [1.54, 1.807) is 5.48 Å². The van der Waals surface area contributed by atoms with E-state index in [0.717, 1.165) is 0 Å². The maximum absolute atomic E-state index is 10.9. The van der Waals surface area contributed by atoms with Crippen LogP contribution in [0.25, 0.3) is 0 Å². The van der Waals surface area contributed by atoms with E-state index < -0.39 is 16.3 Å². The average Bonchev–Trinajstić information content (AvgIpc) is 2.14. The maximum atomic E-state index is 10.9. The van der Waals surface area contributed by atoms with Gasteiger partial charge in [0.2, 0.25) is 0 Å². The van der Waals surface area contributed by atoms with Gasteiger partial charge in [-0.25, -0.2) is 9.66 Å². The predicted octanol–water partition coefficient (Wildman–Crippen LogP) is -0.779. The molecule has 0 aromatic heterocycles. The number of hydrogen-bond acceptors (Lipinski definition) is 6. The summed E-state index contributed by atoms with van der Waals surface area (Å²) < 4.78 is 30.2. The van der Waals surface area contributed by atoms with Crippen molar-refractivity contribution < 1.29 is 21.7 Å². The number of nitrogens with one attached hydrogen (secondary N) is 1. The number of hydrogen-bond donors (Lipinski definition) is 2. The summed E-state index contributed by atoms with van der Waals surface area (Å²) in [7, 11) is -4.21. The Morgan fingerprint density at radius 3 is 2.60 bits per heavy atom. The highest BCUT2D eigenvalue weighted by atomic mass is 32.3. The molecule has 0 spiro atoms. The second kappa shape index (κ2) is 6.51. The van der Waals surface area contributed by atoms with Crippen LogP contribution in [0.3, 0.4) is 0 Å². The summed E-state index contributed by atoms with van der Waals surface area (Å²) in [6, 6.07) is 0. The second-order valence-corrected chi connectivity index (χ2v) is 3.89. The molecule has 0 aromatic carbocycles. The molecule has 0 radical (unpaired) electrons. The molecule has 15 heavy (non-hydrogen) atoms. The van der Waals surface area contributed by atoms with Gasteiger partial charge >= 0.3 is 10.4 Å². The Labute approximate surface area is 88.5 Å². The summed E-state index contributed by atoms with van der Waals surface area (Å²) in [5.41, 5.74) is 6.91. The summed E-state index contributed by atoms with van der Waals surface area (Å²) >= 11 is 0. The van der Waals surface area contributed by atoms with Gasteiger partial charge in [0.15, 0.2) is 0 Å². The molecule has 0 unspecified atom stereocenters. The smallest absolute Gasteiger partial charge is 0.330 e. The Bertz CT molecular complexity index is 324. The van der Waals surface area contributed by atoms with Crippen LogP contribution in [0, 0.1) is 0 Å². The van der Waals surface area contributed by atoms with Crippen LogP contribution in [0.15, 0.2) is 12.2 Å². The summed E-state index contributed by atoms with van der Waals surface area (Å²) in [6.45, 7) is 4.89. The van der Waals surface area contributed by atoms with Crippen LogP contribution in [0.1, 0.15) is 13.3 Å². The fraction of sp³-hybridized carbons (Fsp3) is 0.571. The number of rotatable bonds is 7. The van der Waals surface area contributed by atoms with Gasteiger partial charge in [0.25, 0.3) is 5.91 Å². The molecule has 3 N–H and O–H groups in total. The van der Waals surface area contributed by atoms with Gasteiger partial charge in [-0.3, -0.25) is 4.79 Å². The summed E-state index contributed by atoms with van der Waals surface area (Å²) in [6.07, 6.45) is 0.372. The first-order valence-corrected chi connectivity index (χ1v) is 5.46. The van der Waals surface area contributed by atoms with E-state index in [1.807, 2.05) is 0 Å². The molecule has 1 amide bonds. The minimum atomic E-state index is -4.21. The van der Waals surface area contributed by atoms with E-state index >= 15 is 0 Å². The van der Waals surface area contributed by atoms with Crippen molar-refractivity contribution in [1.82, 2.24) is 5.48 Å². The Balaban J connectivity index is 3.94. The highest BCUT2D eigenvalue weighted by Crippen LogP contribution is 1.95. The van der Waals surface area contributed by atoms with Crippen molar-refractivity contribution in [3.05, 3.63) is 12.2 Å². The van der Waals surface area contributed by atoms with Crippen molar-refractivity contribution in [2.24, 2.45) is 5.73 Å². The molecule has 0 atom stereocenters. The van der Waals surface area contributed by atoms with Crippen LogP contribution in [0.5, 0.6) is 0 Å². The Kier molecular flexibility index (Phi) is 6.09. The van der Waals surface area contributed by atoms with Crippen molar-refractivity contribution in [3.63, 3.8) is 0 Å². The minimum Gasteiger partial charge on any atom is -0.330 e. The van der Waals surface area contributed by atoms with Crippen molar-refractivity contribution in [3.8, 4) is 0 Å². The number of amides is 1. The van der Waals surface area contributed by atoms with Gasteiger partial charge < -0.3 is 5.73 Å². The topological polar surface area (TPSA) is 108 Å². The average molecular weight is 238 g/mol. The quantitative estimate of drug-likeness (QED) is 0.342. The number of hydroxylamine groups is 1. The lowest BCUT2D eigenvalue weighted by Gasteiger charge is -2.05. The summed E-state index contributed by atoms with van der Waals surface area (Å²) in [4.78, 5) is 10.8. The molecule has 0 aliphatic rings. The molecule has 0 aromatic rings. The summed E-state index contributed by atoms with van der Waals surface area (Å²) in [5, 5.41) is 0. The lowest BCUT2D eigenvalue weighted by molar-refractivity contribution is -0.124. The van der Waals surface area contributed by atoms with Gasteiger partial charge in [0, 0.05) is 5.57 Å². The monoisotopic (exact) mass is 238 g/mol. The molecule has 7 nitrogen and oxygen atoms in total. The molecular weight excluding hydrogens is 224 g/mol. The van der Waals surface area contributed by atoms with Gasteiger partial charge in [-0.1, -0.05) is 6.58 Å². The number of nitrogens with two attached hydrogens (primary N) is 1. The first-order chi connectivity index (χ1) is 6.89. The van der Waals surface area contributed by atoms with Gasteiger partial charge in [0.1, 0.15) is 0 Å². The third-order valence-corrected chi connectivity index (χ3v) is 1.94. The normalized spacial score (nSPS) is 11.1. The maximum Gasteiger partial charge on any atom is 0.420 e.